The highest BCUT2D eigenvalue weighted by Gasteiger charge is 2.17. The maximum atomic E-state index is 12.5. The molecule has 0 fully saturated rings. The van der Waals surface area contributed by atoms with Crippen molar-refractivity contribution in [3.8, 4) is 0 Å². The van der Waals surface area contributed by atoms with Crippen LogP contribution in [0.3, 0.4) is 0 Å². The van der Waals surface area contributed by atoms with Crippen LogP contribution in [0, 0.1) is 27.7 Å². The lowest BCUT2D eigenvalue weighted by atomic mass is 9.99. The molecule has 0 aliphatic rings. The summed E-state index contributed by atoms with van der Waals surface area (Å²) in [6.45, 7) is 7.71. The number of nitrogen functional groups attached to an aromatic ring is 1. The van der Waals surface area contributed by atoms with Crippen LogP contribution in [0.4, 0.5) is 11.5 Å². The van der Waals surface area contributed by atoms with E-state index in [0.717, 1.165) is 16.7 Å². The van der Waals surface area contributed by atoms with Gasteiger partial charge in [-0.05, 0) is 38.8 Å². The maximum Gasteiger partial charge on any atom is 0.257 e. The van der Waals surface area contributed by atoms with Gasteiger partial charge >= 0.3 is 0 Å². The van der Waals surface area contributed by atoms with E-state index in [9.17, 15) is 4.79 Å². The molecule has 0 radical (unpaired) electrons. The Morgan fingerprint density at radius 2 is 1.75 bits per heavy atom. The van der Waals surface area contributed by atoms with E-state index in [-0.39, 0.29) is 5.91 Å². The molecule has 1 amide bonds. The van der Waals surface area contributed by atoms with E-state index in [1.165, 1.54) is 0 Å². The summed E-state index contributed by atoms with van der Waals surface area (Å²) in [5.74, 6) is 0.376. The molecule has 2 aromatic rings. The molecule has 1 heterocycles. The normalized spacial score (nSPS) is 10.7. The Labute approximate surface area is 118 Å². The van der Waals surface area contributed by atoms with E-state index >= 15 is 0 Å². The van der Waals surface area contributed by atoms with Gasteiger partial charge in [-0.2, -0.15) is 5.10 Å². The van der Waals surface area contributed by atoms with Gasteiger partial charge in [0.15, 0.2) is 5.82 Å². The summed E-state index contributed by atoms with van der Waals surface area (Å²) in [4.78, 5) is 12.5. The number of hydrogen-bond acceptors (Lipinski definition) is 3. The lowest BCUT2D eigenvalue weighted by Gasteiger charge is -2.12. The third-order valence-electron chi connectivity index (χ3n) is 3.40. The molecule has 0 aliphatic carbocycles. The molecule has 1 aromatic carbocycles. The SMILES string of the molecule is Cc1cc(C)c(C(=O)Nc2c(N)c(C)nn2C)c(C)c1. The predicted molar refractivity (Wildman–Crippen MR) is 81.0 cm³/mol. The number of carbonyl (C=O) groups excluding carboxylic acids is 1. The number of nitrogens with two attached hydrogens (primary N) is 1. The van der Waals surface area contributed by atoms with Crippen molar-refractivity contribution in [2.45, 2.75) is 27.7 Å². The summed E-state index contributed by atoms with van der Waals surface area (Å²) in [7, 11) is 1.76. The number of carbonyl (C=O) groups is 1. The van der Waals surface area contributed by atoms with Gasteiger partial charge in [0.05, 0.1) is 11.4 Å². The molecular weight excluding hydrogens is 252 g/mol. The molecule has 0 unspecified atom stereocenters. The Hall–Kier alpha value is -2.30. The molecule has 20 heavy (non-hydrogen) atoms. The van der Waals surface area contributed by atoms with Crippen LogP contribution in [0.2, 0.25) is 0 Å². The molecule has 0 saturated heterocycles. The quantitative estimate of drug-likeness (QED) is 0.882. The Kier molecular flexibility index (Phi) is 3.53. The van der Waals surface area contributed by atoms with Crippen LogP contribution in [0.5, 0.6) is 0 Å². The number of aryl methyl sites for hydroxylation is 5. The van der Waals surface area contributed by atoms with Crippen molar-refractivity contribution in [1.82, 2.24) is 9.78 Å². The minimum Gasteiger partial charge on any atom is -0.394 e. The standard InChI is InChI=1S/C15H20N4O/c1-8-6-9(2)12(10(3)7-8)15(20)17-14-13(16)11(4)18-19(14)5/h6-7H,16H2,1-5H3,(H,17,20). The predicted octanol–water partition coefficient (Wildman–Crippen LogP) is 2.49. The van der Waals surface area contributed by atoms with Crippen molar-refractivity contribution < 1.29 is 4.79 Å². The zero-order valence-electron chi connectivity index (χ0n) is 12.5. The van der Waals surface area contributed by atoms with Crippen LogP contribution in [-0.4, -0.2) is 15.7 Å². The molecule has 0 aliphatic heterocycles. The van der Waals surface area contributed by atoms with Crippen LogP contribution < -0.4 is 11.1 Å². The number of amides is 1. The molecule has 0 atom stereocenters. The van der Waals surface area contributed by atoms with E-state index in [1.807, 2.05) is 39.8 Å². The summed E-state index contributed by atoms with van der Waals surface area (Å²) in [6.07, 6.45) is 0. The summed E-state index contributed by atoms with van der Waals surface area (Å²) < 4.78 is 1.58. The Morgan fingerprint density at radius 3 is 2.20 bits per heavy atom. The molecule has 3 N–H and O–H groups in total. The fourth-order valence-electron chi connectivity index (χ4n) is 2.53. The minimum atomic E-state index is -0.158. The van der Waals surface area contributed by atoms with Crippen LogP contribution in [0.15, 0.2) is 12.1 Å². The number of aromatic nitrogens is 2. The van der Waals surface area contributed by atoms with Crippen molar-refractivity contribution in [3.63, 3.8) is 0 Å². The van der Waals surface area contributed by atoms with Gasteiger partial charge in [0.2, 0.25) is 0 Å². The molecule has 0 bridgehead atoms. The smallest absolute Gasteiger partial charge is 0.257 e. The van der Waals surface area contributed by atoms with Crippen LogP contribution in [0.25, 0.3) is 0 Å². The summed E-state index contributed by atoms with van der Waals surface area (Å²) in [5.41, 5.74) is 10.9. The molecule has 106 valence electrons. The lowest BCUT2D eigenvalue weighted by molar-refractivity contribution is 0.102. The zero-order valence-corrected chi connectivity index (χ0v) is 12.5. The van der Waals surface area contributed by atoms with Gasteiger partial charge in [-0.15, -0.1) is 0 Å². The van der Waals surface area contributed by atoms with Gasteiger partial charge in [-0.25, -0.2) is 0 Å². The summed E-state index contributed by atoms with van der Waals surface area (Å²) >= 11 is 0. The van der Waals surface area contributed by atoms with E-state index in [2.05, 4.69) is 10.4 Å². The van der Waals surface area contributed by atoms with E-state index in [0.29, 0.717) is 22.8 Å². The van der Waals surface area contributed by atoms with Gasteiger partial charge < -0.3 is 11.1 Å². The van der Waals surface area contributed by atoms with E-state index < -0.39 is 0 Å². The van der Waals surface area contributed by atoms with Gasteiger partial charge in [-0.3, -0.25) is 9.48 Å². The molecular formula is C15H20N4O. The van der Waals surface area contributed by atoms with Crippen molar-refractivity contribution >= 4 is 17.4 Å². The third-order valence-corrected chi connectivity index (χ3v) is 3.40. The lowest BCUT2D eigenvalue weighted by Crippen LogP contribution is -2.18. The monoisotopic (exact) mass is 272 g/mol. The first-order valence-electron chi connectivity index (χ1n) is 6.49. The number of nitrogens with one attached hydrogen (secondary N) is 1. The minimum absolute atomic E-state index is 0.158. The maximum absolute atomic E-state index is 12.5. The second kappa shape index (κ2) is 5.00. The van der Waals surface area contributed by atoms with Gasteiger partial charge in [0.25, 0.3) is 5.91 Å². The fourth-order valence-corrected chi connectivity index (χ4v) is 2.53. The third kappa shape index (κ3) is 2.39. The first kappa shape index (κ1) is 14.1. The van der Waals surface area contributed by atoms with Crippen LogP contribution in [-0.2, 0) is 7.05 Å². The highest BCUT2D eigenvalue weighted by atomic mass is 16.1. The van der Waals surface area contributed by atoms with Gasteiger partial charge in [-0.1, -0.05) is 17.7 Å². The first-order chi connectivity index (χ1) is 9.31. The van der Waals surface area contributed by atoms with Crippen molar-refractivity contribution in [1.29, 1.82) is 0 Å². The Bertz CT molecular complexity index is 662. The topological polar surface area (TPSA) is 72.9 Å². The van der Waals surface area contributed by atoms with Gasteiger partial charge in [0, 0.05) is 12.6 Å². The molecule has 5 heteroatoms. The largest absolute Gasteiger partial charge is 0.394 e. The molecule has 5 nitrogen and oxygen atoms in total. The number of benzene rings is 1. The number of nitrogens with zero attached hydrogens (tertiary/aromatic N) is 2. The fraction of sp³-hybridized carbons (Fsp3) is 0.333. The van der Waals surface area contributed by atoms with Gasteiger partial charge in [0.1, 0.15) is 0 Å². The molecule has 0 spiro atoms. The Balaban J connectivity index is 2.38. The second-order valence-electron chi connectivity index (χ2n) is 5.20. The number of anilines is 2. The molecule has 0 saturated carbocycles. The van der Waals surface area contributed by atoms with Crippen molar-refractivity contribution in [2.24, 2.45) is 7.05 Å². The van der Waals surface area contributed by atoms with Crippen LogP contribution in [0.1, 0.15) is 32.7 Å². The highest BCUT2D eigenvalue weighted by Crippen LogP contribution is 2.23. The highest BCUT2D eigenvalue weighted by molar-refractivity contribution is 6.07. The number of hydrogen-bond donors (Lipinski definition) is 2. The number of rotatable bonds is 2. The summed E-state index contributed by atoms with van der Waals surface area (Å²) in [5, 5.41) is 7.05. The van der Waals surface area contributed by atoms with Crippen molar-refractivity contribution in [2.75, 3.05) is 11.1 Å². The first-order valence-corrected chi connectivity index (χ1v) is 6.49. The average Bonchev–Trinajstić information content (AvgIpc) is 2.54. The van der Waals surface area contributed by atoms with Crippen molar-refractivity contribution in [3.05, 3.63) is 40.1 Å². The Morgan fingerprint density at radius 1 is 1.20 bits per heavy atom. The summed E-state index contributed by atoms with van der Waals surface area (Å²) in [6, 6.07) is 4.00. The van der Waals surface area contributed by atoms with Crippen LogP contribution >= 0.6 is 0 Å². The van der Waals surface area contributed by atoms with E-state index in [1.54, 1.807) is 11.7 Å². The average molecular weight is 272 g/mol. The second-order valence-corrected chi connectivity index (χ2v) is 5.20. The molecule has 2 rings (SSSR count). The van der Waals surface area contributed by atoms with E-state index in [4.69, 9.17) is 5.73 Å². The molecule has 1 aromatic heterocycles. The zero-order chi connectivity index (χ0) is 15.0.